The van der Waals surface area contributed by atoms with Crippen molar-refractivity contribution >= 4 is 19.8 Å². The maximum absolute atomic E-state index is 12.7. The molecular formula is C55H92NO8P. The lowest BCUT2D eigenvalue weighted by atomic mass is 10.1. The van der Waals surface area contributed by atoms with Crippen LogP contribution in [-0.4, -0.2) is 70.0 Å². The van der Waals surface area contributed by atoms with Crippen LogP contribution in [0.2, 0.25) is 0 Å². The summed E-state index contributed by atoms with van der Waals surface area (Å²) >= 11 is 0. The number of rotatable bonds is 44. The Labute approximate surface area is 397 Å². The average molecular weight is 926 g/mol. The minimum absolute atomic E-state index is 0.0438. The van der Waals surface area contributed by atoms with Crippen molar-refractivity contribution in [1.82, 2.24) is 0 Å². The van der Waals surface area contributed by atoms with Crippen molar-refractivity contribution in [3.63, 3.8) is 0 Å². The lowest BCUT2D eigenvalue weighted by Crippen LogP contribution is -2.37. The van der Waals surface area contributed by atoms with Crippen LogP contribution in [0.4, 0.5) is 0 Å². The van der Waals surface area contributed by atoms with Gasteiger partial charge in [-0.05, 0) is 96.3 Å². The van der Waals surface area contributed by atoms with Gasteiger partial charge in [-0.2, -0.15) is 0 Å². The van der Waals surface area contributed by atoms with Gasteiger partial charge in [-0.1, -0.05) is 175 Å². The summed E-state index contributed by atoms with van der Waals surface area (Å²) in [5.41, 5.74) is 0. The van der Waals surface area contributed by atoms with Gasteiger partial charge in [0, 0.05) is 12.8 Å². The van der Waals surface area contributed by atoms with Crippen LogP contribution in [0.5, 0.6) is 0 Å². The number of ether oxygens (including phenoxy) is 2. The highest BCUT2D eigenvalue weighted by atomic mass is 31.2. The molecular weight excluding hydrogens is 834 g/mol. The van der Waals surface area contributed by atoms with Gasteiger partial charge in [-0.15, -0.1) is 0 Å². The number of esters is 2. The molecule has 370 valence electrons. The van der Waals surface area contributed by atoms with Gasteiger partial charge in [-0.3, -0.25) is 14.2 Å². The summed E-state index contributed by atoms with van der Waals surface area (Å²) in [7, 11) is 1.12. The van der Waals surface area contributed by atoms with Crippen LogP contribution in [-0.2, 0) is 32.7 Å². The van der Waals surface area contributed by atoms with Gasteiger partial charge >= 0.3 is 11.9 Å². The molecule has 0 aliphatic rings. The predicted molar refractivity (Wildman–Crippen MR) is 272 cm³/mol. The maximum atomic E-state index is 12.7. The third kappa shape index (κ3) is 49.9. The van der Waals surface area contributed by atoms with Crippen molar-refractivity contribution in [1.29, 1.82) is 0 Å². The van der Waals surface area contributed by atoms with E-state index in [0.29, 0.717) is 23.9 Å². The van der Waals surface area contributed by atoms with Gasteiger partial charge in [0.05, 0.1) is 27.7 Å². The van der Waals surface area contributed by atoms with Crippen LogP contribution in [0.1, 0.15) is 174 Å². The van der Waals surface area contributed by atoms with Crippen molar-refractivity contribution in [2.24, 2.45) is 0 Å². The molecule has 0 amide bonds. The van der Waals surface area contributed by atoms with E-state index in [2.05, 4.69) is 123 Å². The number of hydrogen-bond donors (Lipinski definition) is 0. The summed E-state index contributed by atoms with van der Waals surface area (Å²) in [4.78, 5) is 37.7. The highest BCUT2D eigenvalue weighted by Crippen LogP contribution is 2.38. The van der Waals surface area contributed by atoms with Crippen molar-refractivity contribution in [3.05, 3.63) is 109 Å². The standard InChI is InChI=1S/C55H92NO8P/c1-6-8-10-12-14-16-18-20-22-23-24-25-26-27-28-29-30-31-32-33-34-36-38-40-42-44-46-48-55(58)64-53(52-63-65(59,60)62-50-49-56(3,4)5)51-61-54(57)47-45-43-41-39-37-35-21-19-17-15-13-11-9-7-2/h8,10,13-16,19-22,24-25,27-28,30-31,33-34,53H,6-7,9,11-12,17-18,23,26,29,32,35-52H2,1-5H3/b10-8-,15-13-,16-14-,21-19-,22-20-,25-24-,28-27-,31-30-,34-33-. The first-order chi connectivity index (χ1) is 31.5. The zero-order valence-corrected chi connectivity index (χ0v) is 42.5. The van der Waals surface area contributed by atoms with E-state index in [9.17, 15) is 19.0 Å². The number of unbranched alkanes of at least 4 members (excludes halogenated alkanes) is 12. The lowest BCUT2D eigenvalue weighted by molar-refractivity contribution is -0.870. The Balaban J connectivity index is 4.34. The van der Waals surface area contributed by atoms with E-state index in [1.54, 1.807) is 0 Å². The largest absolute Gasteiger partial charge is 0.756 e. The number of carbonyl (C=O) groups is 2. The summed E-state index contributed by atoms with van der Waals surface area (Å²) < 4.78 is 34.0. The number of carbonyl (C=O) groups excluding carboxylic acids is 2. The van der Waals surface area contributed by atoms with Crippen molar-refractivity contribution in [3.8, 4) is 0 Å². The predicted octanol–water partition coefficient (Wildman–Crippen LogP) is 14.4. The molecule has 9 nitrogen and oxygen atoms in total. The molecule has 0 aliphatic heterocycles. The van der Waals surface area contributed by atoms with Gasteiger partial charge in [0.15, 0.2) is 6.10 Å². The Kier molecular flexibility index (Phi) is 43.5. The van der Waals surface area contributed by atoms with Crippen LogP contribution in [0.15, 0.2) is 109 Å². The molecule has 0 N–H and O–H groups in total. The molecule has 0 fully saturated rings. The first-order valence-electron chi connectivity index (χ1n) is 25.1. The summed E-state index contributed by atoms with van der Waals surface area (Å²) in [6.07, 6.45) is 62.6. The monoisotopic (exact) mass is 926 g/mol. The van der Waals surface area contributed by atoms with Crippen LogP contribution in [0.3, 0.4) is 0 Å². The first kappa shape index (κ1) is 61.7. The van der Waals surface area contributed by atoms with Crippen LogP contribution < -0.4 is 4.89 Å². The number of nitrogens with zero attached hydrogens (tertiary/aromatic N) is 1. The van der Waals surface area contributed by atoms with Gasteiger partial charge in [0.2, 0.25) is 0 Å². The number of likely N-dealkylation sites (N-methyl/N-ethyl adjacent to an activating group) is 1. The van der Waals surface area contributed by atoms with E-state index < -0.39 is 32.5 Å². The molecule has 10 heteroatoms. The van der Waals surface area contributed by atoms with Crippen LogP contribution in [0.25, 0.3) is 0 Å². The van der Waals surface area contributed by atoms with Gasteiger partial charge in [0.25, 0.3) is 7.82 Å². The van der Waals surface area contributed by atoms with E-state index in [4.69, 9.17) is 18.5 Å². The Bertz CT molecular complexity index is 1470. The minimum Gasteiger partial charge on any atom is -0.756 e. The second kappa shape index (κ2) is 45.8. The number of hydrogen-bond acceptors (Lipinski definition) is 8. The summed E-state index contributed by atoms with van der Waals surface area (Å²) in [6, 6.07) is 0. The Hall–Kier alpha value is -3.33. The molecule has 0 aromatic heterocycles. The molecule has 0 aromatic carbocycles. The molecule has 0 aromatic rings. The molecule has 0 radical (unpaired) electrons. The number of quaternary nitrogens is 1. The van der Waals surface area contributed by atoms with Crippen molar-refractivity contribution in [2.45, 2.75) is 180 Å². The molecule has 2 atom stereocenters. The Morgan fingerprint density at radius 1 is 0.492 bits per heavy atom. The second-order valence-corrected chi connectivity index (χ2v) is 18.9. The molecule has 2 unspecified atom stereocenters. The van der Waals surface area contributed by atoms with E-state index >= 15 is 0 Å². The third-order valence-corrected chi connectivity index (χ3v) is 11.0. The minimum atomic E-state index is -4.65. The maximum Gasteiger partial charge on any atom is 0.306 e. The van der Waals surface area contributed by atoms with Gasteiger partial charge < -0.3 is 27.9 Å². The molecule has 0 saturated carbocycles. The van der Waals surface area contributed by atoms with E-state index in [0.717, 1.165) is 122 Å². The fourth-order valence-corrected chi connectivity index (χ4v) is 6.85. The zero-order valence-electron chi connectivity index (χ0n) is 41.6. The number of phosphoric ester groups is 1. The fourth-order valence-electron chi connectivity index (χ4n) is 6.12. The van der Waals surface area contributed by atoms with Crippen LogP contribution in [0, 0.1) is 0 Å². The van der Waals surface area contributed by atoms with Crippen molar-refractivity contribution < 1.29 is 42.1 Å². The van der Waals surface area contributed by atoms with E-state index in [-0.39, 0.29) is 26.1 Å². The summed E-state index contributed by atoms with van der Waals surface area (Å²) in [5.74, 6) is -0.883. The highest BCUT2D eigenvalue weighted by Gasteiger charge is 2.21. The van der Waals surface area contributed by atoms with E-state index in [1.807, 2.05) is 21.1 Å². The van der Waals surface area contributed by atoms with Gasteiger partial charge in [-0.25, -0.2) is 0 Å². The smallest absolute Gasteiger partial charge is 0.306 e. The average Bonchev–Trinajstić information content (AvgIpc) is 3.26. The molecule has 0 saturated heterocycles. The number of phosphoric acid groups is 1. The fraction of sp³-hybridized carbons (Fsp3) is 0.636. The molecule has 0 rings (SSSR count). The molecule has 0 spiro atoms. The molecule has 65 heavy (non-hydrogen) atoms. The second-order valence-electron chi connectivity index (χ2n) is 17.4. The summed E-state index contributed by atoms with van der Waals surface area (Å²) in [5, 5.41) is 0. The molecule has 0 bridgehead atoms. The summed E-state index contributed by atoms with van der Waals surface area (Å²) in [6.45, 7) is 4.01. The van der Waals surface area contributed by atoms with Crippen molar-refractivity contribution in [2.75, 3.05) is 47.5 Å². The normalized spacial score (nSPS) is 14.4. The number of allylic oxidation sites excluding steroid dienone is 18. The van der Waals surface area contributed by atoms with Crippen LogP contribution >= 0.6 is 7.82 Å². The first-order valence-corrected chi connectivity index (χ1v) is 26.6. The van der Waals surface area contributed by atoms with Gasteiger partial charge in [0.1, 0.15) is 19.8 Å². The Morgan fingerprint density at radius 3 is 1.31 bits per heavy atom. The Morgan fingerprint density at radius 2 is 0.877 bits per heavy atom. The quantitative estimate of drug-likeness (QED) is 0.0195. The zero-order chi connectivity index (χ0) is 47.8. The lowest BCUT2D eigenvalue weighted by Gasteiger charge is -2.28. The molecule has 0 aliphatic carbocycles. The highest BCUT2D eigenvalue weighted by molar-refractivity contribution is 7.45. The SMILES string of the molecule is CC/C=C\C/C=C\C/C=C\C/C=C\C/C=C\C/C=C\C/C=C\CCCCCCCC(=O)OC(COC(=O)CCCCCCC/C=C\C/C=C\CCCC)COP(=O)([O-])OCC[N+](C)(C)C. The van der Waals surface area contributed by atoms with E-state index in [1.165, 1.54) is 12.8 Å². The topological polar surface area (TPSA) is 111 Å². The molecule has 0 heterocycles. The third-order valence-electron chi connectivity index (χ3n) is 10.0.